The van der Waals surface area contributed by atoms with Crippen molar-refractivity contribution in [2.45, 2.75) is 72.3 Å². The van der Waals surface area contributed by atoms with E-state index < -0.39 is 5.92 Å². The summed E-state index contributed by atoms with van der Waals surface area (Å²) < 4.78 is 17.3. The van der Waals surface area contributed by atoms with Crippen molar-refractivity contribution in [2.24, 2.45) is 10.8 Å². The van der Waals surface area contributed by atoms with Gasteiger partial charge in [-0.1, -0.05) is 63.0 Å². The van der Waals surface area contributed by atoms with Crippen LogP contribution in [0, 0.1) is 10.8 Å². The lowest BCUT2D eigenvalue weighted by atomic mass is 9.63. The lowest BCUT2D eigenvalue weighted by molar-refractivity contribution is -0.119. The Bertz CT molecular complexity index is 1450. The number of carbonyl (C=O) groups is 2. The number of allylic oxidation sites excluding steroid dienone is 4. The lowest BCUT2D eigenvalue weighted by Gasteiger charge is -2.49. The van der Waals surface area contributed by atoms with Crippen LogP contribution < -0.4 is 9.47 Å². The van der Waals surface area contributed by atoms with Gasteiger partial charge in [-0.2, -0.15) is 0 Å². The largest absolute Gasteiger partial charge is 0.493 e. The Morgan fingerprint density at radius 1 is 0.884 bits per heavy atom. The summed E-state index contributed by atoms with van der Waals surface area (Å²) in [5.41, 5.74) is 4.70. The minimum atomic E-state index is -0.524. The van der Waals surface area contributed by atoms with E-state index in [1.54, 1.807) is 14.2 Å². The minimum absolute atomic E-state index is 0.0774. The highest BCUT2D eigenvalue weighted by Crippen LogP contribution is 2.55. The molecular formula is C35H41Cl2NO5. The average Bonchev–Trinajstić information content (AvgIpc) is 2.91. The Morgan fingerprint density at radius 2 is 1.51 bits per heavy atom. The molecule has 0 spiro atoms. The van der Waals surface area contributed by atoms with E-state index in [9.17, 15) is 9.59 Å². The molecule has 0 bridgehead atoms. The predicted octanol–water partition coefficient (Wildman–Crippen LogP) is 8.30. The molecule has 3 aliphatic rings. The quantitative estimate of drug-likeness (QED) is 0.261. The second kappa shape index (κ2) is 12.3. The summed E-state index contributed by atoms with van der Waals surface area (Å²) in [6.45, 7) is 10.1. The van der Waals surface area contributed by atoms with E-state index in [-0.39, 0.29) is 29.0 Å². The first-order chi connectivity index (χ1) is 20.3. The van der Waals surface area contributed by atoms with Gasteiger partial charge in [0.15, 0.2) is 23.1 Å². The third-order valence-corrected chi connectivity index (χ3v) is 9.13. The van der Waals surface area contributed by atoms with E-state index in [1.165, 1.54) is 0 Å². The standard InChI is InChI=1S/C35H41Cl2NO5/c1-34(2)16-25-31(27(39)18-34)30(32-26(38(25)11-8-12-41-5)17-35(3,4)19-28(32)40)22-14-24(37)33(29(15-22)42-6)43-20-21-9-7-10-23(36)13-21/h7,9-10,13-15,30H,8,11-12,16-20H2,1-6H3. The van der Waals surface area contributed by atoms with Gasteiger partial charge in [-0.15, -0.1) is 0 Å². The molecule has 0 unspecified atom stereocenters. The fourth-order valence-corrected chi connectivity index (χ4v) is 7.33. The SMILES string of the molecule is COCCCN1C2=C(C(=O)CC(C)(C)C2)C(c2cc(Cl)c(OCc3cccc(Cl)c3)c(OC)c2)C2=C1CC(C)(C)CC2=O. The minimum Gasteiger partial charge on any atom is -0.493 e. The van der Waals surface area contributed by atoms with Crippen molar-refractivity contribution in [3.8, 4) is 11.5 Å². The molecule has 6 nitrogen and oxygen atoms in total. The summed E-state index contributed by atoms with van der Waals surface area (Å²) in [6.07, 6.45) is 3.12. The number of rotatable bonds is 9. The second-order valence-corrected chi connectivity index (χ2v) is 14.3. The van der Waals surface area contributed by atoms with Crippen LogP contribution in [0.25, 0.3) is 0 Å². The van der Waals surface area contributed by atoms with Crippen LogP contribution >= 0.6 is 23.2 Å². The molecule has 0 aromatic heterocycles. The van der Waals surface area contributed by atoms with Crippen molar-refractivity contribution >= 4 is 34.8 Å². The van der Waals surface area contributed by atoms with E-state index in [0.717, 1.165) is 41.8 Å². The van der Waals surface area contributed by atoms with E-state index >= 15 is 0 Å². The van der Waals surface area contributed by atoms with Gasteiger partial charge in [0.25, 0.3) is 0 Å². The first-order valence-corrected chi connectivity index (χ1v) is 15.6. The number of Topliss-reactive ketones (excluding diaryl/α,β-unsaturated/α-hetero) is 2. The molecule has 5 rings (SSSR count). The summed E-state index contributed by atoms with van der Waals surface area (Å²) in [4.78, 5) is 30.4. The maximum Gasteiger partial charge on any atom is 0.180 e. The highest BCUT2D eigenvalue weighted by Gasteiger charge is 2.49. The van der Waals surface area contributed by atoms with Crippen LogP contribution in [0.3, 0.4) is 0 Å². The number of benzene rings is 2. The highest BCUT2D eigenvalue weighted by molar-refractivity contribution is 6.32. The van der Waals surface area contributed by atoms with Gasteiger partial charge in [0.1, 0.15) is 6.61 Å². The van der Waals surface area contributed by atoms with Gasteiger partial charge < -0.3 is 19.1 Å². The normalized spacial score (nSPS) is 19.9. The summed E-state index contributed by atoms with van der Waals surface area (Å²) in [7, 11) is 3.26. The maximum absolute atomic E-state index is 14.1. The zero-order valence-corrected chi connectivity index (χ0v) is 27.5. The molecule has 2 aliphatic carbocycles. The second-order valence-electron chi connectivity index (χ2n) is 13.5. The molecule has 0 saturated carbocycles. The van der Waals surface area contributed by atoms with E-state index in [0.29, 0.717) is 58.7 Å². The van der Waals surface area contributed by atoms with Crippen molar-refractivity contribution in [2.75, 3.05) is 27.4 Å². The van der Waals surface area contributed by atoms with E-state index in [1.807, 2.05) is 36.4 Å². The summed E-state index contributed by atoms with van der Waals surface area (Å²) in [6, 6.07) is 11.1. The number of hydrogen-bond acceptors (Lipinski definition) is 6. The van der Waals surface area contributed by atoms with Crippen LogP contribution in [0.15, 0.2) is 58.9 Å². The lowest BCUT2D eigenvalue weighted by Crippen LogP contribution is -2.44. The number of nitrogens with zero attached hydrogens (tertiary/aromatic N) is 1. The molecule has 0 fully saturated rings. The van der Waals surface area contributed by atoms with Gasteiger partial charge in [0.05, 0.1) is 12.1 Å². The zero-order chi connectivity index (χ0) is 31.1. The Hall–Kier alpha value is -2.80. The predicted molar refractivity (Wildman–Crippen MR) is 170 cm³/mol. The van der Waals surface area contributed by atoms with Gasteiger partial charge in [-0.25, -0.2) is 0 Å². The average molecular weight is 627 g/mol. The highest BCUT2D eigenvalue weighted by atomic mass is 35.5. The van der Waals surface area contributed by atoms with Gasteiger partial charge in [0.2, 0.25) is 0 Å². The topological polar surface area (TPSA) is 65.1 Å². The molecule has 230 valence electrons. The Balaban J connectivity index is 1.64. The number of carbonyl (C=O) groups excluding carboxylic acids is 2. The van der Waals surface area contributed by atoms with Gasteiger partial charge in [-0.3, -0.25) is 9.59 Å². The van der Waals surface area contributed by atoms with Crippen LogP contribution in [0.1, 0.15) is 76.8 Å². The molecule has 0 saturated heterocycles. The number of ketones is 2. The molecule has 0 radical (unpaired) electrons. The first-order valence-electron chi connectivity index (χ1n) is 14.9. The number of ether oxygens (including phenoxy) is 3. The molecule has 0 amide bonds. The van der Waals surface area contributed by atoms with Gasteiger partial charge in [0, 0.05) is 66.6 Å². The Morgan fingerprint density at radius 3 is 2.07 bits per heavy atom. The number of halogens is 2. The van der Waals surface area contributed by atoms with Crippen molar-refractivity contribution < 1.29 is 23.8 Å². The van der Waals surface area contributed by atoms with Crippen LogP contribution in [0.2, 0.25) is 10.0 Å². The van der Waals surface area contributed by atoms with Gasteiger partial charge in [-0.05, 0) is 65.5 Å². The number of hydrogen-bond donors (Lipinski definition) is 0. The summed E-state index contributed by atoms with van der Waals surface area (Å²) in [5, 5.41) is 0.979. The number of methoxy groups -OCH3 is 2. The van der Waals surface area contributed by atoms with Crippen LogP contribution in [-0.4, -0.2) is 43.8 Å². The Kier molecular flexibility index (Phi) is 9.04. The molecule has 8 heteroatoms. The van der Waals surface area contributed by atoms with Crippen LogP contribution in [-0.2, 0) is 20.9 Å². The molecule has 1 heterocycles. The fourth-order valence-electron chi connectivity index (χ4n) is 6.85. The van der Waals surface area contributed by atoms with Crippen LogP contribution in [0.4, 0.5) is 0 Å². The molecular weight excluding hydrogens is 585 g/mol. The van der Waals surface area contributed by atoms with Gasteiger partial charge >= 0.3 is 0 Å². The van der Waals surface area contributed by atoms with E-state index in [2.05, 4.69) is 32.6 Å². The monoisotopic (exact) mass is 625 g/mol. The zero-order valence-electron chi connectivity index (χ0n) is 25.9. The van der Waals surface area contributed by atoms with Crippen LogP contribution in [0.5, 0.6) is 11.5 Å². The van der Waals surface area contributed by atoms with Crippen molar-refractivity contribution in [1.82, 2.24) is 4.90 Å². The smallest absolute Gasteiger partial charge is 0.180 e. The summed E-state index contributed by atoms with van der Waals surface area (Å²) in [5.74, 6) is 0.482. The maximum atomic E-state index is 14.1. The van der Waals surface area contributed by atoms with Crippen molar-refractivity contribution in [3.63, 3.8) is 0 Å². The third kappa shape index (κ3) is 6.52. The first kappa shape index (κ1) is 31.6. The van der Waals surface area contributed by atoms with E-state index in [4.69, 9.17) is 37.4 Å². The van der Waals surface area contributed by atoms with Crippen molar-refractivity contribution in [3.05, 3.63) is 80.1 Å². The molecule has 43 heavy (non-hydrogen) atoms. The fraction of sp³-hybridized carbons (Fsp3) is 0.486. The molecule has 2 aromatic rings. The molecule has 0 N–H and O–H groups in total. The summed E-state index contributed by atoms with van der Waals surface area (Å²) >= 11 is 13.1. The third-order valence-electron chi connectivity index (χ3n) is 8.61. The Labute approximate surface area is 265 Å². The molecule has 1 aliphatic heterocycles. The van der Waals surface area contributed by atoms with Crippen molar-refractivity contribution in [1.29, 1.82) is 0 Å². The molecule has 2 aromatic carbocycles. The molecule has 0 atom stereocenters.